The zero-order valence-corrected chi connectivity index (χ0v) is 35.3. The van der Waals surface area contributed by atoms with Gasteiger partial charge in [0, 0.05) is 75.5 Å². The highest BCUT2D eigenvalue weighted by Gasteiger charge is 2.65. The number of non-ortho nitro benzene ring substituents is 1. The van der Waals surface area contributed by atoms with Crippen LogP contribution < -0.4 is 9.47 Å². The molecule has 7 rings (SSSR count). The van der Waals surface area contributed by atoms with E-state index in [1.54, 1.807) is 41.3 Å². The number of aliphatic hydroxyl groups is 2. The number of hydrogen-bond donors (Lipinski definition) is 2. The lowest BCUT2D eigenvalue weighted by atomic mass is 9.55. The Morgan fingerprint density at radius 1 is 1.06 bits per heavy atom. The molecule has 330 valence electrons. The molecule has 0 aromatic heterocycles. The van der Waals surface area contributed by atoms with E-state index in [0.717, 1.165) is 62.2 Å². The number of fused-ring (bicyclic) bond motifs is 2. The molecule has 0 spiro atoms. The van der Waals surface area contributed by atoms with E-state index in [0.29, 0.717) is 42.0 Å². The summed E-state index contributed by atoms with van der Waals surface area (Å²) < 4.78 is 35.0. The normalized spacial score (nSPS) is 24.4. The van der Waals surface area contributed by atoms with E-state index in [1.165, 1.54) is 37.5 Å². The molecule has 1 amide bonds. The van der Waals surface area contributed by atoms with E-state index in [4.69, 9.17) is 19.0 Å². The Balaban J connectivity index is 1.40. The molecule has 13 nitrogen and oxygen atoms in total. The first-order valence-corrected chi connectivity index (χ1v) is 21.6. The monoisotopic (exact) mass is 852 g/mol. The lowest BCUT2D eigenvalue weighted by Crippen LogP contribution is -2.70. The van der Waals surface area contributed by atoms with Gasteiger partial charge in [-0.25, -0.2) is 4.39 Å². The highest BCUT2D eigenvalue weighted by molar-refractivity contribution is 6.03. The van der Waals surface area contributed by atoms with E-state index in [1.807, 2.05) is 12.1 Å². The number of nitro groups is 1. The number of aliphatic hydroxyl groups excluding tert-OH is 2. The Labute approximate surface area is 362 Å². The molecular weight excluding hydrogens is 796 g/mol. The molecule has 2 heterocycles. The van der Waals surface area contributed by atoms with E-state index in [2.05, 4.69) is 28.8 Å². The van der Waals surface area contributed by atoms with Gasteiger partial charge in [-0.05, 0) is 103 Å². The van der Waals surface area contributed by atoms with Crippen LogP contribution in [0.25, 0.3) is 6.08 Å². The van der Waals surface area contributed by atoms with Gasteiger partial charge < -0.3 is 34.2 Å². The molecular formula is C48H57FN4O9. The van der Waals surface area contributed by atoms with Crippen LogP contribution in [0.2, 0.25) is 0 Å². The van der Waals surface area contributed by atoms with E-state index in [-0.39, 0.29) is 56.2 Å². The summed E-state index contributed by atoms with van der Waals surface area (Å²) in [4.78, 5) is 35.3. The van der Waals surface area contributed by atoms with Gasteiger partial charge in [0.15, 0.2) is 0 Å². The number of halogens is 1. The van der Waals surface area contributed by atoms with Crippen molar-refractivity contribution in [1.82, 2.24) is 9.80 Å². The number of unbranched alkanes of at least 4 members (excludes halogenated alkanes) is 2. The molecule has 0 radical (unpaired) electrons. The second-order valence-corrected chi connectivity index (χ2v) is 16.4. The third-order valence-corrected chi connectivity index (χ3v) is 12.5. The van der Waals surface area contributed by atoms with Crippen LogP contribution in [-0.4, -0.2) is 102 Å². The average Bonchev–Trinajstić information content (AvgIpc) is 4.11. The van der Waals surface area contributed by atoms with Gasteiger partial charge in [0.1, 0.15) is 37.1 Å². The molecule has 6 atom stereocenters. The minimum absolute atomic E-state index is 0.0296. The van der Waals surface area contributed by atoms with Gasteiger partial charge in [-0.3, -0.25) is 19.8 Å². The van der Waals surface area contributed by atoms with Crippen molar-refractivity contribution in [1.29, 1.82) is 0 Å². The minimum Gasteiger partial charge on any atom is -0.492 e. The number of nitro benzene ring substituents is 1. The van der Waals surface area contributed by atoms with Crippen LogP contribution in [0.5, 0.6) is 11.5 Å². The molecule has 3 aromatic carbocycles. The van der Waals surface area contributed by atoms with Gasteiger partial charge in [0.2, 0.25) is 11.7 Å². The van der Waals surface area contributed by atoms with Crippen LogP contribution in [-0.2, 0) is 20.9 Å². The first-order chi connectivity index (χ1) is 30.2. The van der Waals surface area contributed by atoms with Gasteiger partial charge in [-0.2, -0.15) is 0 Å². The van der Waals surface area contributed by atoms with Crippen molar-refractivity contribution >= 4 is 23.4 Å². The van der Waals surface area contributed by atoms with Crippen molar-refractivity contribution in [3.63, 3.8) is 0 Å². The number of amides is 1. The summed E-state index contributed by atoms with van der Waals surface area (Å²) in [5, 5.41) is 35.8. The van der Waals surface area contributed by atoms with Crippen molar-refractivity contribution in [3.05, 3.63) is 130 Å². The molecule has 2 N–H and O–H groups in total. The van der Waals surface area contributed by atoms with Crippen LogP contribution in [0.3, 0.4) is 0 Å². The lowest BCUT2D eigenvalue weighted by Gasteiger charge is -2.60. The second-order valence-electron chi connectivity index (χ2n) is 16.4. The van der Waals surface area contributed by atoms with E-state index >= 15 is 0 Å². The average molecular weight is 853 g/mol. The number of nitrogens with zero attached hydrogens (tertiary/aromatic N) is 4. The predicted molar refractivity (Wildman–Crippen MR) is 233 cm³/mol. The number of allylic oxidation sites excluding steroid dienone is 1. The smallest absolute Gasteiger partial charge is 0.269 e. The molecule has 1 saturated heterocycles. The molecule has 62 heavy (non-hydrogen) atoms. The SMILES string of the molecule is C=CCOC12Oc3ccc(OCCN4CC4)cc3C3C(CCCCO)C(CCCCO)C=C(C(=NOC)CC1N(Cc1ccc(F)cc1)C(=O)C=Cc1ccc([N+](=O)[O-])cc1)C32. The molecule has 1 saturated carbocycles. The van der Waals surface area contributed by atoms with Gasteiger partial charge in [-0.15, -0.1) is 6.58 Å². The maximum Gasteiger partial charge on any atom is 0.269 e. The van der Waals surface area contributed by atoms with Crippen molar-refractivity contribution in [3.8, 4) is 11.5 Å². The molecule has 2 fully saturated rings. The maximum absolute atomic E-state index is 14.9. The Hall–Kier alpha value is -5.41. The fraction of sp³-hybridized carbons (Fsp3) is 0.458. The third-order valence-electron chi connectivity index (χ3n) is 12.5. The number of benzene rings is 3. The van der Waals surface area contributed by atoms with E-state index in [9.17, 15) is 29.5 Å². The topological polar surface area (TPSA) is 156 Å². The molecule has 0 bridgehead atoms. The van der Waals surface area contributed by atoms with E-state index < -0.39 is 34.4 Å². The third kappa shape index (κ3) is 10.1. The first-order valence-electron chi connectivity index (χ1n) is 21.6. The summed E-state index contributed by atoms with van der Waals surface area (Å²) in [6.07, 6.45) is 11.6. The largest absolute Gasteiger partial charge is 0.492 e. The van der Waals surface area contributed by atoms with Gasteiger partial charge in [-0.1, -0.05) is 42.3 Å². The maximum atomic E-state index is 14.9. The second kappa shape index (κ2) is 20.6. The van der Waals surface area contributed by atoms with Crippen LogP contribution in [0.4, 0.5) is 10.1 Å². The van der Waals surface area contributed by atoms with Crippen molar-refractivity contribution < 1.29 is 43.4 Å². The molecule has 3 aromatic rings. The Bertz CT molecular complexity index is 2120. The van der Waals surface area contributed by atoms with Crippen LogP contribution >= 0.6 is 0 Å². The van der Waals surface area contributed by atoms with Crippen LogP contribution in [0.1, 0.15) is 67.6 Å². The van der Waals surface area contributed by atoms with Crippen LogP contribution in [0, 0.1) is 33.7 Å². The summed E-state index contributed by atoms with van der Waals surface area (Å²) in [6, 6.07) is 17.0. The fourth-order valence-electron chi connectivity index (χ4n) is 9.53. The Morgan fingerprint density at radius 2 is 1.81 bits per heavy atom. The van der Waals surface area contributed by atoms with Crippen molar-refractivity contribution in [2.75, 3.05) is 53.2 Å². The van der Waals surface area contributed by atoms with Crippen molar-refractivity contribution in [2.24, 2.45) is 22.9 Å². The number of carbonyl (C=O) groups excluding carboxylic acids is 1. The highest BCUT2D eigenvalue weighted by Crippen LogP contribution is 2.62. The zero-order valence-electron chi connectivity index (χ0n) is 35.3. The quantitative estimate of drug-likeness (QED) is 0.0260. The molecule has 2 aliphatic heterocycles. The van der Waals surface area contributed by atoms with Crippen molar-refractivity contribution in [2.45, 2.75) is 69.2 Å². The summed E-state index contributed by atoms with van der Waals surface area (Å²) in [6.45, 7) is 7.81. The summed E-state index contributed by atoms with van der Waals surface area (Å²) in [7, 11) is 1.50. The summed E-state index contributed by atoms with van der Waals surface area (Å²) >= 11 is 0. The molecule has 4 aliphatic rings. The van der Waals surface area contributed by atoms with Gasteiger partial charge in [0.05, 0.1) is 23.2 Å². The standard InChI is InChI=1S/C48H57FN4O9/c1-3-27-61-48-44(52(32-34-10-15-36(49)16-11-34)45(56)21-14-33-12-17-37(18-13-33)53(57)58)31-42(50-59-2)40-29-35(8-4-6-25-54)39(9-5-7-26-55)46(47(40)48)41-30-38(19-20-43(41)62-48)60-28-24-51-22-23-51/h3,10-21,29-30,35,39,44,46-47,54-55H,1,4-9,22-28,31-32H2,2H3. The highest BCUT2D eigenvalue weighted by atomic mass is 19.1. The number of hydrogen-bond acceptors (Lipinski definition) is 11. The number of ether oxygens (including phenoxy) is 3. The number of carbonyl (C=O) groups is 1. The zero-order chi connectivity index (χ0) is 43.6. The Kier molecular flexibility index (Phi) is 14.9. The number of rotatable bonds is 22. The van der Waals surface area contributed by atoms with Gasteiger partial charge >= 0.3 is 0 Å². The Morgan fingerprint density at radius 3 is 2.48 bits per heavy atom. The molecule has 2 aliphatic carbocycles. The first kappa shape index (κ1) is 44.6. The predicted octanol–water partition coefficient (Wildman–Crippen LogP) is 7.43. The molecule has 14 heteroatoms. The fourth-order valence-corrected chi connectivity index (χ4v) is 9.53. The van der Waals surface area contributed by atoms with Crippen LogP contribution in [0.15, 0.2) is 102 Å². The minimum atomic E-state index is -1.51. The molecule has 6 unspecified atom stereocenters. The summed E-state index contributed by atoms with van der Waals surface area (Å²) in [5.74, 6) is -1.66. The van der Waals surface area contributed by atoms with Gasteiger partial charge in [0.25, 0.3) is 5.69 Å². The number of oxime groups is 1. The lowest BCUT2D eigenvalue weighted by molar-refractivity contribution is -0.384. The summed E-state index contributed by atoms with van der Waals surface area (Å²) in [5.41, 5.74) is 3.68.